The van der Waals surface area contributed by atoms with Crippen molar-refractivity contribution in [1.29, 1.82) is 0 Å². The Balaban J connectivity index is 2.44. The van der Waals surface area contributed by atoms with Gasteiger partial charge in [0.15, 0.2) is 0 Å². The van der Waals surface area contributed by atoms with Gasteiger partial charge in [-0.05, 0) is 6.42 Å². The lowest BCUT2D eigenvalue weighted by Crippen LogP contribution is -2.22. The second-order valence-electron chi connectivity index (χ2n) is 3.04. The summed E-state index contributed by atoms with van der Waals surface area (Å²) in [6.07, 6.45) is 1.30. The van der Waals surface area contributed by atoms with E-state index in [1.165, 1.54) is 6.07 Å². The van der Waals surface area contributed by atoms with Gasteiger partial charge in [-0.1, -0.05) is 0 Å². The molecular weight excluding hydrogens is 188 g/mol. The van der Waals surface area contributed by atoms with Gasteiger partial charge in [0.1, 0.15) is 10.7 Å². The van der Waals surface area contributed by atoms with E-state index < -0.39 is 4.92 Å². The maximum absolute atomic E-state index is 11.3. The van der Waals surface area contributed by atoms with Crippen LogP contribution in [0.3, 0.4) is 0 Å². The Labute approximate surface area is 79.0 Å². The number of hydrogen-bond donors (Lipinski definition) is 1. The highest BCUT2D eigenvalue weighted by Gasteiger charge is 2.24. The molecule has 0 aliphatic carbocycles. The number of carbonyl (C=O) groups is 1. The van der Waals surface area contributed by atoms with E-state index in [0.29, 0.717) is 18.7 Å². The molecule has 74 valence electrons. The lowest BCUT2D eigenvalue weighted by atomic mass is 10.2. The maximum atomic E-state index is 11.3. The number of nitrogens with one attached hydrogen (secondary N) is 1. The van der Waals surface area contributed by atoms with Gasteiger partial charge in [-0.2, -0.15) is 0 Å². The van der Waals surface area contributed by atoms with Crippen molar-refractivity contribution in [2.45, 2.75) is 12.8 Å². The standard InChI is InChI=1S/C8H8N2O4/c11-8-5-4-7(10(12)13)14-6(5)2-1-3-9-8/h4H,1-3H2,(H,9,11). The van der Waals surface area contributed by atoms with Crippen LogP contribution < -0.4 is 5.32 Å². The Bertz CT molecular complexity index is 396. The molecule has 0 aromatic carbocycles. The largest absolute Gasteiger partial charge is 0.434 e. The zero-order valence-corrected chi connectivity index (χ0v) is 7.28. The summed E-state index contributed by atoms with van der Waals surface area (Å²) in [6, 6.07) is 1.18. The van der Waals surface area contributed by atoms with Gasteiger partial charge in [-0.15, -0.1) is 0 Å². The molecule has 2 heterocycles. The van der Waals surface area contributed by atoms with Crippen LogP contribution in [-0.2, 0) is 6.42 Å². The fourth-order valence-corrected chi connectivity index (χ4v) is 1.43. The summed E-state index contributed by atoms with van der Waals surface area (Å²) in [4.78, 5) is 21.1. The van der Waals surface area contributed by atoms with E-state index in [1.807, 2.05) is 0 Å². The van der Waals surface area contributed by atoms with Gasteiger partial charge in [-0.3, -0.25) is 14.9 Å². The molecule has 1 aliphatic heterocycles. The van der Waals surface area contributed by atoms with Crippen LogP contribution in [0.4, 0.5) is 5.88 Å². The molecule has 0 saturated carbocycles. The zero-order chi connectivity index (χ0) is 10.1. The lowest BCUT2D eigenvalue weighted by Gasteiger charge is -1.95. The first-order valence-electron chi connectivity index (χ1n) is 4.24. The van der Waals surface area contributed by atoms with Crippen LogP contribution in [0.15, 0.2) is 10.5 Å². The number of carbonyl (C=O) groups excluding carboxylic acids is 1. The van der Waals surface area contributed by atoms with Gasteiger partial charge in [0.25, 0.3) is 5.91 Å². The third-order valence-corrected chi connectivity index (χ3v) is 2.09. The molecule has 1 N–H and O–H groups in total. The van der Waals surface area contributed by atoms with E-state index in [-0.39, 0.29) is 17.4 Å². The van der Waals surface area contributed by atoms with Crippen LogP contribution >= 0.6 is 0 Å². The summed E-state index contributed by atoms with van der Waals surface area (Å²) in [5.74, 6) is -0.256. The normalized spacial score (nSPS) is 15.6. The Morgan fingerprint density at radius 3 is 3.07 bits per heavy atom. The van der Waals surface area contributed by atoms with Crippen LogP contribution in [0.25, 0.3) is 0 Å². The Morgan fingerprint density at radius 2 is 2.36 bits per heavy atom. The van der Waals surface area contributed by atoms with E-state index in [0.717, 1.165) is 6.42 Å². The van der Waals surface area contributed by atoms with Crippen molar-refractivity contribution in [3.8, 4) is 0 Å². The summed E-state index contributed by atoms with van der Waals surface area (Å²) < 4.78 is 4.96. The second kappa shape index (κ2) is 3.13. The van der Waals surface area contributed by atoms with Crippen molar-refractivity contribution >= 4 is 11.8 Å². The summed E-state index contributed by atoms with van der Waals surface area (Å²) in [5.41, 5.74) is 0.286. The Kier molecular flexibility index (Phi) is 1.95. The molecule has 0 saturated heterocycles. The van der Waals surface area contributed by atoms with Crippen LogP contribution in [0, 0.1) is 10.1 Å². The highest BCUT2D eigenvalue weighted by atomic mass is 16.6. The van der Waals surface area contributed by atoms with E-state index in [2.05, 4.69) is 5.32 Å². The predicted molar refractivity (Wildman–Crippen MR) is 46.0 cm³/mol. The predicted octanol–water partition coefficient (Wildman–Crippen LogP) is 0.864. The minimum absolute atomic E-state index is 0.286. The van der Waals surface area contributed by atoms with Crippen LogP contribution in [0.1, 0.15) is 22.5 Å². The maximum Gasteiger partial charge on any atom is 0.434 e. The quantitative estimate of drug-likeness (QED) is 0.533. The minimum atomic E-state index is -0.637. The number of hydrogen-bond acceptors (Lipinski definition) is 4. The number of amides is 1. The molecule has 0 radical (unpaired) electrons. The molecular formula is C8H8N2O4. The average molecular weight is 196 g/mol. The van der Waals surface area contributed by atoms with E-state index >= 15 is 0 Å². The Morgan fingerprint density at radius 1 is 1.57 bits per heavy atom. The van der Waals surface area contributed by atoms with Crippen LogP contribution in [-0.4, -0.2) is 17.4 Å². The average Bonchev–Trinajstić information content (AvgIpc) is 2.49. The second-order valence-corrected chi connectivity index (χ2v) is 3.04. The highest BCUT2D eigenvalue weighted by molar-refractivity contribution is 5.96. The zero-order valence-electron chi connectivity index (χ0n) is 7.28. The fourth-order valence-electron chi connectivity index (χ4n) is 1.43. The smallest absolute Gasteiger partial charge is 0.405 e. The SMILES string of the molecule is O=C1NCCCc2oc([N+](=O)[O-])cc21. The third-order valence-electron chi connectivity index (χ3n) is 2.09. The molecule has 6 nitrogen and oxygen atoms in total. The van der Waals surface area contributed by atoms with Gasteiger partial charge in [0, 0.05) is 13.0 Å². The molecule has 1 aromatic rings. The summed E-state index contributed by atoms with van der Waals surface area (Å²) in [6.45, 7) is 0.580. The van der Waals surface area contributed by atoms with Gasteiger partial charge in [0.05, 0.1) is 11.6 Å². The topological polar surface area (TPSA) is 85.4 Å². The molecule has 2 rings (SSSR count). The van der Waals surface area contributed by atoms with Crippen molar-refractivity contribution in [3.63, 3.8) is 0 Å². The first-order chi connectivity index (χ1) is 6.68. The third kappa shape index (κ3) is 1.34. The van der Waals surface area contributed by atoms with Gasteiger partial charge in [-0.25, -0.2) is 0 Å². The number of nitrogens with zero attached hydrogens (tertiary/aromatic N) is 1. The molecule has 0 bridgehead atoms. The van der Waals surface area contributed by atoms with Crippen molar-refractivity contribution in [2.75, 3.05) is 6.54 Å². The van der Waals surface area contributed by atoms with E-state index in [4.69, 9.17) is 4.42 Å². The molecule has 0 fully saturated rings. The molecule has 0 spiro atoms. The first-order valence-corrected chi connectivity index (χ1v) is 4.24. The first kappa shape index (κ1) is 8.74. The van der Waals surface area contributed by atoms with Gasteiger partial charge >= 0.3 is 5.88 Å². The van der Waals surface area contributed by atoms with E-state index in [9.17, 15) is 14.9 Å². The summed E-state index contributed by atoms with van der Waals surface area (Å²) in [5, 5.41) is 13.0. The monoisotopic (exact) mass is 196 g/mol. The minimum Gasteiger partial charge on any atom is -0.405 e. The van der Waals surface area contributed by atoms with Crippen LogP contribution in [0.5, 0.6) is 0 Å². The number of rotatable bonds is 1. The molecule has 1 aliphatic rings. The van der Waals surface area contributed by atoms with Crippen molar-refractivity contribution in [3.05, 3.63) is 27.5 Å². The van der Waals surface area contributed by atoms with Crippen molar-refractivity contribution < 1.29 is 14.1 Å². The summed E-state index contributed by atoms with van der Waals surface area (Å²) in [7, 11) is 0. The lowest BCUT2D eigenvalue weighted by molar-refractivity contribution is -0.402. The number of nitro groups is 1. The highest BCUT2D eigenvalue weighted by Crippen LogP contribution is 2.24. The number of fused-ring (bicyclic) bond motifs is 1. The number of aryl methyl sites for hydroxylation is 1. The van der Waals surface area contributed by atoms with Gasteiger partial charge < -0.3 is 9.73 Å². The molecule has 0 atom stereocenters. The molecule has 6 heteroatoms. The number of furan rings is 1. The van der Waals surface area contributed by atoms with Gasteiger partial charge in [0.2, 0.25) is 0 Å². The molecule has 14 heavy (non-hydrogen) atoms. The molecule has 0 unspecified atom stereocenters. The fraction of sp³-hybridized carbons (Fsp3) is 0.375. The molecule has 1 aromatic heterocycles. The van der Waals surface area contributed by atoms with Crippen molar-refractivity contribution in [2.24, 2.45) is 0 Å². The molecule has 1 amide bonds. The van der Waals surface area contributed by atoms with E-state index in [1.54, 1.807) is 0 Å². The van der Waals surface area contributed by atoms with Crippen molar-refractivity contribution in [1.82, 2.24) is 5.32 Å². The summed E-state index contributed by atoms with van der Waals surface area (Å²) >= 11 is 0. The Hall–Kier alpha value is -1.85. The van der Waals surface area contributed by atoms with Crippen LogP contribution in [0.2, 0.25) is 0 Å².